The molecule has 1 unspecified atom stereocenters. The summed E-state index contributed by atoms with van der Waals surface area (Å²) in [6, 6.07) is 4.52. The van der Waals surface area contributed by atoms with Gasteiger partial charge in [0, 0.05) is 13.1 Å². The van der Waals surface area contributed by atoms with Crippen molar-refractivity contribution in [1.29, 1.82) is 0 Å². The monoisotopic (exact) mass is 286 g/mol. The Morgan fingerprint density at radius 2 is 2.15 bits per heavy atom. The van der Waals surface area contributed by atoms with Gasteiger partial charge in [-0.25, -0.2) is 0 Å². The number of halogens is 3. The van der Waals surface area contributed by atoms with E-state index in [2.05, 4.69) is 17.2 Å². The highest BCUT2D eigenvalue weighted by molar-refractivity contribution is 5.81. The van der Waals surface area contributed by atoms with Gasteiger partial charge in [0.05, 0.1) is 11.6 Å². The topological polar surface area (TPSA) is 41.1 Å². The Balaban J connectivity index is 2.57. The normalized spacial score (nSPS) is 12.8. The zero-order valence-electron chi connectivity index (χ0n) is 11.1. The maximum atomic E-state index is 12.5. The molecule has 0 heterocycles. The van der Waals surface area contributed by atoms with Gasteiger partial charge in [0.25, 0.3) is 0 Å². The quantitative estimate of drug-likeness (QED) is 0.789. The number of alkyl halides is 3. The fourth-order valence-corrected chi connectivity index (χ4v) is 1.55. The van der Waals surface area contributed by atoms with Crippen molar-refractivity contribution < 1.29 is 18.0 Å². The van der Waals surface area contributed by atoms with Gasteiger partial charge in [-0.2, -0.15) is 13.2 Å². The average molecular weight is 286 g/mol. The molecule has 1 aromatic rings. The number of hydrogen-bond acceptors (Lipinski definition) is 2. The van der Waals surface area contributed by atoms with Crippen molar-refractivity contribution in [2.24, 2.45) is 0 Å². The summed E-state index contributed by atoms with van der Waals surface area (Å²) in [6.45, 7) is 5.66. The van der Waals surface area contributed by atoms with E-state index in [-0.39, 0.29) is 12.5 Å². The maximum Gasteiger partial charge on any atom is 0.416 e. The largest absolute Gasteiger partial charge is 0.416 e. The molecule has 110 valence electrons. The minimum absolute atomic E-state index is 0.187. The second kappa shape index (κ2) is 7.09. The lowest BCUT2D eigenvalue weighted by molar-refractivity contribution is -0.137. The lowest BCUT2D eigenvalue weighted by Crippen LogP contribution is -2.41. The summed E-state index contributed by atoms with van der Waals surface area (Å²) in [6.07, 6.45) is -2.81. The van der Waals surface area contributed by atoms with Crippen LogP contribution in [0.3, 0.4) is 0 Å². The second-order valence-corrected chi connectivity index (χ2v) is 4.33. The van der Waals surface area contributed by atoms with Crippen molar-refractivity contribution in [3.05, 3.63) is 48.0 Å². The second-order valence-electron chi connectivity index (χ2n) is 4.33. The molecule has 0 bridgehead atoms. The van der Waals surface area contributed by atoms with Crippen LogP contribution in [-0.2, 0) is 17.5 Å². The molecule has 0 aliphatic rings. The Bertz CT molecular complexity index is 472. The molecule has 0 aromatic heterocycles. The van der Waals surface area contributed by atoms with Crippen LogP contribution in [-0.4, -0.2) is 18.5 Å². The fraction of sp³-hybridized carbons (Fsp3) is 0.357. The Kier molecular flexibility index (Phi) is 5.76. The molecule has 1 atom stereocenters. The highest BCUT2D eigenvalue weighted by Crippen LogP contribution is 2.29. The molecule has 0 aliphatic carbocycles. The molecule has 0 radical (unpaired) electrons. The minimum Gasteiger partial charge on any atom is -0.351 e. The first-order valence-corrected chi connectivity index (χ1v) is 6.12. The van der Waals surface area contributed by atoms with Gasteiger partial charge in [-0.3, -0.25) is 4.79 Å². The summed E-state index contributed by atoms with van der Waals surface area (Å²) in [5, 5.41) is 5.48. The minimum atomic E-state index is -4.36. The SMILES string of the molecule is C=CCNC(=O)C(C)NCc1cccc(C(F)(F)F)c1. The maximum absolute atomic E-state index is 12.5. The molecule has 6 heteroatoms. The van der Waals surface area contributed by atoms with Gasteiger partial charge in [0.15, 0.2) is 0 Å². The van der Waals surface area contributed by atoms with E-state index in [4.69, 9.17) is 0 Å². The van der Waals surface area contributed by atoms with Crippen LogP contribution in [0.5, 0.6) is 0 Å². The van der Waals surface area contributed by atoms with Crippen LogP contribution < -0.4 is 10.6 Å². The molecule has 0 fully saturated rings. The lowest BCUT2D eigenvalue weighted by Gasteiger charge is -2.14. The molecule has 3 nitrogen and oxygen atoms in total. The standard InChI is InChI=1S/C14H17F3N2O/c1-3-7-18-13(20)10(2)19-9-11-5-4-6-12(8-11)14(15,16)17/h3-6,8,10,19H,1,7,9H2,2H3,(H,18,20). The van der Waals surface area contributed by atoms with E-state index in [9.17, 15) is 18.0 Å². The molecule has 0 saturated heterocycles. The van der Waals surface area contributed by atoms with Crippen molar-refractivity contribution in [2.45, 2.75) is 25.7 Å². The van der Waals surface area contributed by atoms with E-state index in [1.54, 1.807) is 19.1 Å². The number of benzene rings is 1. The van der Waals surface area contributed by atoms with Crippen LogP contribution in [0.1, 0.15) is 18.1 Å². The summed E-state index contributed by atoms with van der Waals surface area (Å²) in [5.41, 5.74) is -0.219. The zero-order chi connectivity index (χ0) is 15.2. The number of nitrogens with one attached hydrogen (secondary N) is 2. The van der Waals surface area contributed by atoms with E-state index in [0.29, 0.717) is 12.1 Å². The van der Waals surface area contributed by atoms with Crippen molar-refractivity contribution >= 4 is 5.91 Å². The predicted molar refractivity (Wildman–Crippen MR) is 71.0 cm³/mol. The summed E-state index contributed by atoms with van der Waals surface area (Å²) in [7, 11) is 0. The number of carbonyl (C=O) groups is 1. The van der Waals surface area contributed by atoms with Gasteiger partial charge >= 0.3 is 6.18 Å². The van der Waals surface area contributed by atoms with Gasteiger partial charge in [-0.1, -0.05) is 24.3 Å². The fourth-order valence-electron chi connectivity index (χ4n) is 1.55. The van der Waals surface area contributed by atoms with Crippen LogP contribution in [0.2, 0.25) is 0 Å². The number of hydrogen-bond donors (Lipinski definition) is 2. The Labute approximate surface area is 115 Å². The number of amides is 1. The molecule has 0 spiro atoms. The van der Waals surface area contributed by atoms with Crippen molar-refractivity contribution in [1.82, 2.24) is 10.6 Å². The molecule has 2 N–H and O–H groups in total. The summed E-state index contributed by atoms with van der Waals surface area (Å²) in [4.78, 5) is 11.5. The van der Waals surface area contributed by atoms with Crippen molar-refractivity contribution in [3.63, 3.8) is 0 Å². The van der Waals surface area contributed by atoms with Crippen LogP contribution in [0, 0.1) is 0 Å². The lowest BCUT2D eigenvalue weighted by atomic mass is 10.1. The third-order valence-corrected chi connectivity index (χ3v) is 2.68. The highest BCUT2D eigenvalue weighted by Gasteiger charge is 2.30. The molecule has 1 rings (SSSR count). The third kappa shape index (κ3) is 5.05. The van der Waals surface area contributed by atoms with Crippen molar-refractivity contribution in [3.8, 4) is 0 Å². The molecule has 1 amide bonds. The van der Waals surface area contributed by atoms with E-state index in [0.717, 1.165) is 12.1 Å². The van der Waals surface area contributed by atoms with E-state index in [1.165, 1.54) is 6.07 Å². The predicted octanol–water partition coefficient (Wildman–Crippen LogP) is 2.49. The van der Waals surface area contributed by atoms with E-state index < -0.39 is 17.8 Å². The summed E-state index contributed by atoms with van der Waals surface area (Å²) >= 11 is 0. The van der Waals surface area contributed by atoms with Gasteiger partial charge in [-0.15, -0.1) is 6.58 Å². The molecule has 0 aliphatic heterocycles. The van der Waals surface area contributed by atoms with Crippen LogP contribution in [0.4, 0.5) is 13.2 Å². The first kappa shape index (κ1) is 16.2. The highest BCUT2D eigenvalue weighted by atomic mass is 19.4. The number of carbonyl (C=O) groups excluding carboxylic acids is 1. The summed E-state index contributed by atoms with van der Waals surface area (Å²) < 4.78 is 37.6. The Hall–Kier alpha value is -1.82. The Morgan fingerprint density at radius 1 is 1.45 bits per heavy atom. The Morgan fingerprint density at radius 3 is 2.75 bits per heavy atom. The van der Waals surface area contributed by atoms with E-state index in [1.807, 2.05) is 0 Å². The van der Waals surface area contributed by atoms with Gasteiger partial charge < -0.3 is 10.6 Å². The van der Waals surface area contributed by atoms with Crippen LogP contribution >= 0.6 is 0 Å². The van der Waals surface area contributed by atoms with Gasteiger partial charge in [0.2, 0.25) is 5.91 Å². The van der Waals surface area contributed by atoms with Crippen molar-refractivity contribution in [2.75, 3.05) is 6.54 Å². The molecule has 1 aromatic carbocycles. The summed E-state index contributed by atoms with van der Waals surface area (Å²) in [5.74, 6) is -0.225. The van der Waals surface area contributed by atoms with Crippen LogP contribution in [0.15, 0.2) is 36.9 Å². The molecule has 20 heavy (non-hydrogen) atoms. The smallest absolute Gasteiger partial charge is 0.351 e. The first-order chi connectivity index (χ1) is 9.34. The zero-order valence-corrected chi connectivity index (χ0v) is 11.1. The van der Waals surface area contributed by atoms with Gasteiger partial charge in [-0.05, 0) is 18.6 Å². The average Bonchev–Trinajstić information content (AvgIpc) is 2.41. The first-order valence-electron chi connectivity index (χ1n) is 6.12. The molecule has 0 saturated carbocycles. The van der Waals surface area contributed by atoms with Gasteiger partial charge in [0.1, 0.15) is 0 Å². The number of rotatable bonds is 6. The molecular weight excluding hydrogens is 269 g/mol. The molecular formula is C14H17F3N2O. The third-order valence-electron chi connectivity index (χ3n) is 2.68. The van der Waals surface area contributed by atoms with Crippen LogP contribution in [0.25, 0.3) is 0 Å². The van der Waals surface area contributed by atoms with E-state index >= 15 is 0 Å².